The molecule has 1 fully saturated rings. The zero-order valence-corrected chi connectivity index (χ0v) is 15.6. The van der Waals surface area contributed by atoms with Gasteiger partial charge in [-0.1, -0.05) is 29.3 Å². The van der Waals surface area contributed by atoms with Crippen LogP contribution in [0.3, 0.4) is 0 Å². The highest BCUT2D eigenvalue weighted by Gasteiger charge is 2.45. The maximum absolute atomic E-state index is 11.2. The van der Waals surface area contributed by atoms with Crippen LogP contribution in [-0.4, -0.2) is 43.5 Å². The number of hydrogen-bond donors (Lipinski definition) is 0. The summed E-state index contributed by atoms with van der Waals surface area (Å²) in [7, 11) is -3.57. The molecule has 10 heteroatoms. The summed E-state index contributed by atoms with van der Waals surface area (Å²) >= 11 is 12.3. The molecule has 136 valence electrons. The number of rotatable bonds is 6. The molecule has 7 nitrogen and oxygen atoms in total. The molecule has 1 aliphatic heterocycles. The third-order valence-corrected chi connectivity index (χ3v) is 4.73. The SMILES string of the molecule is CS(=O)(=O)OCC1COC(Cn2ccnc2)(c2ccc(Cl)cc2Cl)O1. The highest BCUT2D eigenvalue weighted by molar-refractivity contribution is 7.85. The van der Waals surface area contributed by atoms with E-state index in [1.54, 1.807) is 41.5 Å². The van der Waals surface area contributed by atoms with Crippen molar-refractivity contribution in [3.8, 4) is 0 Å². The van der Waals surface area contributed by atoms with E-state index in [9.17, 15) is 8.42 Å². The van der Waals surface area contributed by atoms with E-state index >= 15 is 0 Å². The Kier molecular flexibility index (Phi) is 5.38. The third-order valence-electron chi connectivity index (χ3n) is 3.62. The van der Waals surface area contributed by atoms with Gasteiger partial charge in [-0.05, 0) is 12.1 Å². The van der Waals surface area contributed by atoms with Gasteiger partial charge in [-0.15, -0.1) is 0 Å². The van der Waals surface area contributed by atoms with Crippen molar-refractivity contribution < 1.29 is 22.1 Å². The average molecular weight is 407 g/mol. The van der Waals surface area contributed by atoms with Gasteiger partial charge >= 0.3 is 0 Å². The van der Waals surface area contributed by atoms with Gasteiger partial charge in [0.2, 0.25) is 5.79 Å². The molecule has 2 atom stereocenters. The Morgan fingerprint density at radius 3 is 2.88 bits per heavy atom. The molecule has 1 saturated heterocycles. The van der Waals surface area contributed by atoms with Crippen LogP contribution in [0.15, 0.2) is 36.9 Å². The van der Waals surface area contributed by atoms with Gasteiger partial charge in [0.1, 0.15) is 6.10 Å². The second-order valence-corrected chi connectivity index (χ2v) is 8.14. The molecular weight excluding hydrogens is 391 g/mol. The minimum atomic E-state index is -3.57. The normalized spacial score (nSPS) is 23.9. The van der Waals surface area contributed by atoms with Gasteiger partial charge in [-0.3, -0.25) is 4.18 Å². The second-order valence-electron chi connectivity index (χ2n) is 5.65. The summed E-state index contributed by atoms with van der Waals surface area (Å²) in [6, 6.07) is 5.01. The number of aromatic nitrogens is 2. The van der Waals surface area contributed by atoms with Gasteiger partial charge in [0.05, 0.1) is 37.4 Å². The Morgan fingerprint density at radius 2 is 2.24 bits per heavy atom. The predicted octanol–water partition coefficient (Wildman–Crippen LogP) is 2.43. The van der Waals surface area contributed by atoms with Crippen LogP contribution in [0.4, 0.5) is 0 Å². The van der Waals surface area contributed by atoms with E-state index in [2.05, 4.69) is 4.98 Å². The molecule has 0 bridgehead atoms. The molecule has 0 saturated carbocycles. The topological polar surface area (TPSA) is 79.7 Å². The summed E-state index contributed by atoms with van der Waals surface area (Å²) in [5, 5.41) is 0.874. The molecule has 0 aliphatic carbocycles. The molecule has 1 aromatic carbocycles. The lowest BCUT2D eigenvalue weighted by Crippen LogP contribution is -2.34. The minimum absolute atomic E-state index is 0.143. The number of imidazole rings is 1. The Labute approximate surface area is 155 Å². The second kappa shape index (κ2) is 7.22. The van der Waals surface area contributed by atoms with Gasteiger partial charge in [-0.25, -0.2) is 4.98 Å². The first-order valence-electron chi connectivity index (χ1n) is 7.35. The van der Waals surface area contributed by atoms with Gasteiger partial charge in [0, 0.05) is 23.0 Å². The minimum Gasteiger partial charge on any atom is -0.342 e. The Bertz CT molecular complexity index is 844. The molecule has 1 aromatic heterocycles. The summed E-state index contributed by atoms with van der Waals surface area (Å²) in [6.45, 7) is 0.294. The van der Waals surface area contributed by atoms with Crippen LogP contribution in [0.1, 0.15) is 5.56 Å². The van der Waals surface area contributed by atoms with Crippen molar-refractivity contribution in [2.75, 3.05) is 19.5 Å². The van der Waals surface area contributed by atoms with Gasteiger partial charge in [-0.2, -0.15) is 8.42 Å². The molecule has 3 rings (SSSR count). The molecule has 25 heavy (non-hydrogen) atoms. The fraction of sp³-hybridized carbons (Fsp3) is 0.400. The first-order chi connectivity index (χ1) is 11.8. The van der Waals surface area contributed by atoms with Crippen molar-refractivity contribution in [3.05, 3.63) is 52.5 Å². The zero-order chi connectivity index (χ0) is 18.1. The molecule has 2 heterocycles. The summed E-state index contributed by atoms with van der Waals surface area (Å²) in [4.78, 5) is 4.01. The summed E-state index contributed by atoms with van der Waals surface area (Å²) in [6.07, 6.45) is 5.44. The number of halogens is 2. The van der Waals surface area contributed by atoms with Crippen LogP contribution in [0.5, 0.6) is 0 Å². The number of hydrogen-bond acceptors (Lipinski definition) is 6. The van der Waals surface area contributed by atoms with Gasteiger partial charge < -0.3 is 14.0 Å². The molecule has 2 unspecified atom stereocenters. The third kappa shape index (κ3) is 4.52. The monoisotopic (exact) mass is 406 g/mol. The molecule has 1 aliphatic rings. The van der Waals surface area contributed by atoms with Crippen LogP contribution >= 0.6 is 23.2 Å². The van der Waals surface area contributed by atoms with Gasteiger partial charge in [0.25, 0.3) is 10.1 Å². The van der Waals surface area contributed by atoms with Crippen molar-refractivity contribution in [2.45, 2.75) is 18.4 Å². The average Bonchev–Trinajstić information content (AvgIpc) is 3.15. The predicted molar refractivity (Wildman–Crippen MR) is 92.0 cm³/mol. The fourth-order valence-electron chi connectivity index (χ4n) is 2.57. The van der Waals surface area contributed by atoms with E-state index in [-0.39, 0.29) is 19.8 Å². The largest absolute Gasteiger partial charge is 0.342 e. The molecule has 0 spiro atoms. The van der Waals surface area contributed by atoms with Crippen molar-refractivity contribution in [1.29, 1.82) is 0 Å². The Morgan fingerprint density at radius 1 is 1.44 bits per heavy atom. The standard InChI is InChI=1S/C15H16Cl2N2O5S/c1-25(20,21)23-8-12-7-22-15(24-12,9-19-5-4-18-10-19)13-3-2-11(16)6-14(13)17/h2-6,10,12H,7-9H2,1H3. The molecule has 0 N–H and O–H groups in total. The van der Waals surface area contributed by atoms with E-state index < -0.39 is 22.0 Å². The van der Waals surface area contributed by atoms with E-state index in [1.165, 1.54) is 0 Å². The van der Waals surface area contributed by atoms with Crippen molar-refractivity contribution in [2.24, 2.45) is 0 Å². The number of nitrogens with zero attached hydrogens (tertiary/aromatic N) is 2. The summed E-state index contributed by atoms with van der Waals surface area (Å²) in [5.41, 5.74) is 0.592. The van der Waals surface area contributed by atoms with Crippen LogP contribution in [0.2, 0.25) is 10.0 Å². The fourth-order valence-corrected chi connectivity index (χ4v) is 3.53. The molecular formula is C15H16Cl2N2O5S. The first kappa shape index (κ1) is 18.6. The van der Waals surface area contributed by atoms with Crippen molar-refractivity contribution in [1.82, 2.24) is 9.55 Å². The van der Waals surface area contributed by atoms with Crippen LogP contribution < -0.4 is 0 Å². The maximum atomic E-state index is 11.2. The molecule has 0 radical (unpaired) electrons. The molecule has 0 amide bonds. The maximum Gasteiger partial charge on any atom is 0.264 e. The highest BCUT2D eigenvalue weighted by atomic mass is 35.5. The first-order valence-corrected chi connectivity index (χ1v) is 9.92. The van der Waals surface area contributed by atoms with Crippen LogP contribution in [-0.2, 0) is 36.1 Å². The van der Waals surface area contributed by atoms with Crippen LogP contribution in [0, 0.1) is 0 Å². The number of benzene rings is 1. The lowest BCUT2D eigenvalue weighted by Gasteiger charge is -2.29. The quantitative estimate of drug-likeness (QED) is 0.685. The Hall–Kier alpha value is -1.16. The van der Waals surface area contributed by atoms with E-state index in [1.807, 2.05) is 0 Å². The smallest absolute Gasteiger partial charge is 0.264 e. The van der Waals surface area contributed by atoms with E-state index in [0.717, 1.165) is 6.26 Å². The highest BCUT2D eigenvalue weighted by Crippen LogP contribution is 2.40. The van der Waals surface area contributed by atoms with E-state index in [0.29, 0.717) is 15.6 Å². The van der Waals surface area contributed by atoms with Crippen molar-refractivity contribution >= 4 is 33.3 Å². The van der Waals surface area contributed by atoms with Gasteiger partial charge in [0.15, 0.2) is 0 Å². The lowest BCUT2D eigenvalue weighted by atomic mass is 10.1. The zero-order valence-electron chi connectivity index (χ0n) is 13.3. The summed E-state index contributed by atoms with van der Waals surface area (Å²) in [5.74, 6) is -1.20. The molecule has 2 aromatic rings. The Balaban J connectivity index is 1.88. The lowest BCUT2D eigenvalue weighted by molar-refractivity contribution is -0.189. The van der Waals surface area contributed by atoms with E-state index in [4.69, 9.17) is 36.9 Å². The summed E-state index contributed by atoms with van der Waals surface area (Å²) < 4.78 is 41.0. The number of ether oxygens (including phenoxy) is 2. The van der Waals surface area contributed by atoms with Crippen LogP contribution in [0.25, 0.3) is 0 Å². The van der Waals surface area contributed by atoms with Crippen molar-refractivity contribution in [3.63, 3.8) is 0 Å².